The number of Topliss-reactive ketones (excluding diaryl/α,β-unsaturated/α-hetero) is 1. The monoisotopic (exact) mass is 498 g/mol. The van der Waals surface area contributed by atoms with Crippen molar-refractivity contribution in [1.29, 1.82) is 5.26 Å². The molecule has 1 aromatic carbocycles. The number of nitro groups is 1. The van der Waals surface area contributed by atoms with Crippen LogP contribution in [0.5, 0.6) is 0 Å². The predicted molar refractivity (Wildman–Crippen MR) is 122 cm³/mol. The zero-order valence-electron chi connectivity index (χ0n) is 16.9. The minimum atomic E-state index is -0.546. The fourth-order valence-electron chi connectivity index (χ4n) is 4.32. The van der Waals surface area contributed by atoms with Gasteiger partial charge in [0.15, 0.2) is 5.78 Å². The van der Waals surface area contributed by atoms with Crippen molar-refractivity contribution in [3.8, 4) is 6.07 Å². The van der Waals surface area contributed by atoms with Crippen molar-refractivity contribution in [1.82, 2.24) is 0 Å². The first-order valence-electron chi connectivity index (χ1n) is 9.59. The summed E-state index contributed by atoms with van der Waals surface area (Å²) in [7, 11) is 0. The van der Waals surface area contributed by atoms with E-state index >= 15 is 0 Å². The summed E-state index contributed by atoms with van der Waals surface area (Å²) < 4.78 is 0.894. The molecule has 4 rings (SSSR count). The molecule has 158 valence electrons. The number of halogens is 1. The van der Waals surface area contributed by atoms with Gasteiger partial charge in [0.05, 0.1) is 32.0 Å². The van der Waals surface area contributed by atoms with Crippen molar-refractivity contribution in [2.75, 3.05) is 4.90 Å². The highest BCUT2D eigenvalue weighted by Crippen LogP contribution is 2.51. The van der Waals surface area contributed by atoms with Gasteiger partial charge >= 0.3 is 0 Å². The lowest BCUT2D eigenvalue weighted by atomic mass is 9.69. The Morgan fingerprint density at radius 1 is 1.32 bits per heavy atom. The van der Waals surface area contributed by atoms with Crippen molar-refractivity contribution in [3.05, 3.63) is 77.8 Å². The summed E-state index contributed by atoms with van der Waals surface area (Å²) >= 11 is 4.92. The molecule has 1 aliphatic carbocycles. The first-order chi connectivity index (χ1) is 14.6. The highest BCUT2D eigenvalue weighted by molar-refractivity contribution is 9.11. The number of nitrogens with two attached hydrogens (primary N) is 1. The maximum absolute atomic E-state index is 13.4. The number of carbonyl (C=O) groups excluding carboxylic acids is 1. The average molecular weight is 499 g/mol. The number of anilines is 1. The summed E-state index contributed by atoms with van der Waals surface area (Å²) in [5.41, 5.74) is 8.12. The van der Waals surface area contributed by atoms with E-state index in [0.717, 1.165) is 8.66 Å². The van der Waals surface area contributed by atoms with E-state index in [4.69, 9.17) is 5.73 Å². The Labute approximate surface area is 191 Å². The number of rotatable bonds is 3. The Balaban J connectivity index is 2.00. The number of nitrogens with zero attached hydrogens (tertiary/aromatic N) is 3. The topological polar surface area (TPSA) is 113 Å². The zero-order chi connectivity index (χ0) is 22.5. The van der Waals surface area contributed by atoms with Gasteiger partial charge in [0.2, 0.25) is 0 Å². The van der Waals surface area contributed by atoms with Gasteiger partial charge in [0, 0.05) is 34.7 Å². The number of ketones is 1. The molecule has 1 atom stereocenters. The molecule has 2 heterocycles. The summed E-state index contributed by atoms with van der Waals surface area (Å²) in [6.45, 7) is 4.02. The summed E-state index contributed by atoms with van der Waals surface area (Å²) in [4.78, 5) is 26.7. The van der Waals surface area contributed by atoms with Crippen molar-refractivity contribution in [2.24, 2.45) is 11.1 Å². The molecule has 2 aromatic rings. The summed E-state index contributed by atoms with van der Waals surface area (Å²) in [5.74, 6) is -0.381. The Kier molecular flexibility index (Phi) is 5.23. The highest BCUT2D eigenvalue weighted by Gasteiger charge is 2.45. The lowest BCUT2D eigenvalue weighted by Gasteiger charge is -2.43. The second kappa shape index (κ2) is 7.62. The molecule has 2 N–H and O–H groups in total. The van der Waals surface area contributed by atoms with E-state index in [1.165, 1.54) is 23.5 Å². The van der Waals surface area contributed by atoms with Crippen LogP contribution in [0.15, 0.2) is 62.8 Å². The van der Waals surface area contributed by atoms with Gasteiger partial charge in [-0.05, 0) is 46.0 Å². The third-order valence-electron chi connectivity index (χ3n) is 5.56. The average Bonchev–Trinajstić information content (AvgIpc) is 3.12. The van der Waals surface area contributed by atoms with E-state index in [1.807, 2.05) is 26.0 Å². The van der Waals surface area contributed by atoms with Gasteiger partial charge in [-0.1, -0.05) is 19.9 Å². The van der Waals surface area contributed by atoms with Gasteiger partial charge in [-0.3, -0.25) is 19.8 Å². The largest absolute Gasteiger partial charge is 0.384 e. The van der Waals surface area contributed by atoms with Crippen LogP contribution in [-0.4, -0.2) is 10.7 Å². The lowest BCUT2D eigenvalue weighted by Crippen LogP contribution is -2.42. The number of thiophene rings is 1. The van der Waals surface area contributed by atoms with Crippen LogP contribution in [-0.2, 0) is 4.79 Å². The molecule has 0 radical (unpaired) electrons. The van der Waals surface area contributed by atoms with Crippen LogP contribution in [0.2, 0.25) is 0 Å². The molecule has 0 spiro atoms. The molecule has 1 unspecified atom stereocenters. The molecule has 1 aliphatic heterocycles. The molecule has 7 nitrogen and oxygen atoms in total. The normalized spacial score (nSPS) is 20.5. The standard InChI is InChI=1S/C22H19BrN4O3S/c1-22(2)9-15-20(16(28)10-22)19(17-6-7-18(23)31-17)14(11-24)21(25)26(15)12-4-3-5-13(8-12)27(29)30/h3-8,19H,9-10,25H2,1-2H3. The third kappa shape index (κ3) is 3.66. The number of benzene rings is 1. The van der Waals surface area contributed by atoms with E-state index in [-0.39, 0.29) is 28.3 Å². The molecule has 0 saturated heterocycles. The van der Waals surface area contributed by atoms with Crippen LogP contribution in [0.3, 0.4) is 0 Å². The van der Waals surface area contributed by atoms with E-state index in [2.05, 4.69) is 22.0 Å². The maximum atomic E-state index is 13.4. The molecular weight excluding hydrogens is 480 g/mol. The quantitative estimate of drug-likeness (QED) is 0.449. The molecule has 0 saturated carbocycles. The van der Waals surface area contributed by atoms with Crippen molar-refractivity contribution in [2.45, 2.75) is 32.6 Å². The van der Waals surface area contributed by atoms with E-state index in [9.17, 15) is 20.2 Å². The maximum Gasteiger partial charge on any atom is 0.271 e. The summed E-state index contributed by atoms with van der Waals surface area (Å²) in [6.07, 6.45) is 0.912. The number of carbonyl (C=O) groups is 1. The van der Waals surface area contributed by atoms with E-state index in [0.29, 0.717) is 29.8 Å². The Morgan fingerprint density at radius 2 is 2.06 bits per heavy atom. The van der Waals surface area contributed by atoms with E-state index in [1.54, 1.807) is 17.0 Å². The van der Waals surface area contributed by atoms with Gasteiger partial charge in [0.25, 0.3) is 5.69 Å². The summed E-state index contributed by atoms with van der Waals surface area (Å²) in [6, 6.07) is 12.1. The number of hydrogen-bond donors (Lipinski definition) is 1. The minimum Gasteiger partial charge on any atom is -0.384 e. The van der Waals surface area contributed by atoms with Crippen LogP contribution in [0.1, 0.15) is 37.5 Å². The number of nitriles is 1. The van der Waals surface area contributed by atoms with Crippen LogP contribution in [0, 0.1) is 26.9 Å². The molecule has 2 aliphatic rings. The van der Waals surface area contributed by atoms with E-state index < -0.39 is 10.8 Å². The third-order valence-corrected chi connectivity index (χ3v) is 7.25. The molecule has 1 aromatic heterocycles. The Hall–Kier alpha value is -2.96. The highest BCUT2D eigenvalue weighted by atomic mass is 79.9. The van der Waals surface area contributed by atoms with Crippen molar-refractivity contribution >= 4 is 44.4 Å². The first kappa shape index (κ1) is 21.3. The predicted octanol–water partition coefficient (Wildman–Crippen LogP) is 5.36. The Morgan fingerprint density at radius 3 is 2.68 bits per heavy atom. The molecule has 0 fully saturated rings. The number of nitro benzene ring substituents is 1. The zero-order valence-corrected chi connectivity index (χ0v) is 19.3. The first-order valence-corrected chi connectivity index (χ1v) is 11.2. The fraction of sp³-hybridized carbons (Fsp3) is 0.273. The molecule has 0 bridgehead atoms. The van der Waals surface area contributed by atoms with Gasteiger partial charge in [0.1, 0.15) is 5.82 Å². The number of hydrogen-bond acceptors (Lipinski definition) is 7. The molecule has 31 heavy (non-hydrogen) atoms. The van der Waals surface area contributed by atoms with Crippen LogP contribution in [0.25, 0.3) is 0 Å². The van der Waals surface area contributed by atoms with Crippen molar-refractivity contribution in [3.63, 3.8) is 0 Å². The van der Waals surface area contributed by atoms with Gasteiger partial charge in [-0.2, -0.15) is 5.26 Å². The second-order valence-corrected chi connectivity index (χ2v) is 10.9. The number of non-ortho nitro benzene ring substituents is 1. The summed E-state index contributed by atoms with van der Waals surface area (Å²) in [5, 5.41) is 21.4. The van der Waals surface area contributed by atoms with Crippen LogP contribution >= 0.6 is 27.3 Å². The van der Waals surface area contributed by atoms with Crippen LogP contribution in [0.4, 0.5) is 11.4 Å². The lowest BCUT2D eigenvalue weighted by molar-refractivity contribution is -0.384. The molecule has 9 heteroatoms. The van der Waals surface area contributed by atoms with Gasteiger partial charge in [-0.15, -0.1) is 11.3 Å². The molecular formula is C22H19BrN4O3S. The van der Waals surface area contributed by atoms with Crippen molar-refractivity contribution < 1.29 is 9.72 Å². The molecule has 0 amide bonds. The smallest absolute Gasteiger partial charge is 0.271 e. The SMILES string of the molecule is CC1(C)CC(=O)C2=C(C1)N(c1cccc([N+](=O)[O-])c1)C(N)=C(C#N)C2c1ccc(Br)s1. The van der Waals surface area contributed by atoms with Gasteiger partial charge < -0.3 is 5.73 Å². The second-order valence-electron chi connectivity index (χ2n) is 8.40. The fourth-order valence-corrected chi connectivity index (χ4v) is 5.86. The van der Waals surface area contributed by atoms with Crippen LogP contribution < -0.4 is 10.6 Å². The minimum absolute atomic E-state index is 0.0311. The van der Waals surface area contributed by atoms with Gasteiger partial charge in [-0.25, -0.2) is 0 Å². The number of allylic oxidation sites excluding steroid dienone is 3. The Bertz CT molecular complexity index is 1220.